The van der Waals surface area contributed by atoms with Crippen molar-refractivity contribution in [1.82, 2.24) is 19.8 Å². The van der Waals surface area contributed by atoms with Crippen molar-refractivity contribution in [1.29, 1.82) is 0 Å². The van der Waals surface area contributed by atoms with Gasteiger partial charge in [-0.3, -0.25) is 4.98 Å². The summed E-state index contributed by atoms with van der Waals surface area (Å²) < 4.78 is 7.34. The lowest BCUT2D eigenvalue weighted by atomic mass is 9.96. The summed E-state index contributed by atoms with van der Waals surface area (Å²) in [6.45, 7) is 4.63. The fraction of sp³-hybridized carbons (Fsp3) is 0.207. The van der Waals surface area contributed by atoms with Crippen LogP contribution in [-0.2, 0) is 6.54 Å². The lowest BCUT2D eigenvalue weighted by Gasteiger charge is -2.28. The minimum Gasteiger partial charge on any atom is -0.497 e. The average Bonchev–Trinajstić information content (AvgIpc) is 3.39. The van der Waals surface area contributed by atoms with Crippen LogP contribution in [0.1, 0.15) is 50.7 Å². The molecule has 2 aromatic heterocycles. The zero-order valence-corrected chi connectivity index (χ0v) is 21.7. The molecule has 8 heteroatoms. The second-order valence-electron chi connectivity index (χ2n) is 9.09. The van der Waals surface area contributed by atoms with Gasteiger partial charge in [0.2, 0.25) is 0 Å². The summed E-state index contributed by atoms with van der Waals surface area (Å²) in [7, 11) is 1.65. The highest BCUT2D eigenvalue weighted by Gasteiger charge is 2.41. The van der Waals surface area contributed by atoms with Crippen LogP contribution >= 0.6 is 12.2 Å². The van der Waals surface area contributed by atoms with Crippen LogP contribution in [0.2, 0.25) is 0 Å². The molecule has 1 saturated heterocycles. The molecule has 0 saturated carbocycles. The molecule has 0 radical (unpaired) electrons. The largest absolute Gasteiger partial charge is 0.497 e. The number of hydrogen-bond acceptors (Lipinski definition) is 4. The van der Waals surface area contributed by atoms with Gasteiger partial charge in [-0.05, 0) is 79.7 Å². The maximum absolute atomic E-state index is 12.0. The summed E-state index contributed by atoms with van der Waals surface area (Å²) in [6.07, 6.45) is 1.79. The second-order valence-corrected chi connectivity index (χ2v) is 9.47. The van der Waals surface area contributed by atoms with Crippen molar-refractivity contribution in [2.75, 3.05) is 7.11 Å². The number of rotatable bonds is 7. The number of aromatic carboxylic acids is 1. The third kappa shape index (κ3) is 4.56. The Labute approximate surface area is 221 Å². The lowest BCUT2D eigenvalue weighted by molar-refractivity contribution is 0.0697. The molecule has 0 bridgehead atoms. The van der Waals surface area contributed by atoms with Crippen molar-refractivity contribution in [3.8, 4) is 11.4 Å². The summed E-state index contributed by atoms with van der Waals surface area (Å²) in [6, 6.07) is 22.7. The molecule has 4 aromatic rings. The van der Waals surface area contributed by atoms with E-state index < -0.39 is 5.97 Å². The Bertz CT molecular complexity index is 1450. The van der Waals surface area contributed by atoms with Crippen molar-refractivity contribution >= 4 is 23.3 Å². The van der Waals surface area contributed by atoms with E-state index in [1.807, 2.05) is 73.0 Å². The fourth-order valence-electron chi connectivity index (χ4n) is 5.15. The Kier molecular flexibility index (Phi) is 6.67. The molecular weight excluding hydrogens is 484 g/mol. The number of carbonyl (C=O) groups is 1. The van der Waals surface area contributed by atoms with Gasteiger partial charge in [-0.1, -0.05) is 30.3 Å². The molecule has 2 aromatic carbocycles. The van der Waals surface area contributed by atoms with E-state index in [1.165, 1.54) is 0 Å². The predicted octanol–water partition coefficient (Wildman–Crippen LogP) is 5.37. The third-order valence-corrected chi connectivity index (χ3v) is 7.23. The molecule has 2 N–H and O–H groups in total. The van der Waals surface area contributed by atoms with Gasteiger partial charge in [-0.25, -0.2) is 4.79 Å². The standard InChI is InChI=1S/C29H28N4O3S/c1-18-16-23(19(2)33(18)25-10-5-4-8-22(25)28(34)35)27-26(24-9-6-7-15-30-24)31-29(37)32(27)17-20-11-13-21(36-3)14-12-20/h4-16,26-27H,17H2,1-3H3,(H,31,37)(H,34,35). The number of benzene rings is 2. The number of nitrogens with one attached hydrogen (secondary N) is 1. The van der Waals surface area contributed by atoms with Crippen LogP contribution in [0.5, 0.6) is 5.75 Å². The molecule has 1 aliphatic rings. The molecule has 2 atom stereocenters. The number of para-hydroxylation sites is 1. The van der Waals surface area contributed by atoms with Gasteiger partial charge in [-0.15, -0.1) is 0 Å². The Morgan fingerprint density at radius 3 is 2.49 bits per heavy atom. The van der Waals surface area contributed by atoms with Crippen molar-refractivity contribution in [2.45, 2.75) is 32.5 Å². The van der Waals surface area contributed by atoms with E-state index in [-0.39, 0.29) is 17.6 Å². The van der Waals surface area contributed by atoms with E-state index in [0.717, 1.165) is 34.0 Å². The highest BCUT2D eigenvalue weighted by molar-refractivity contribution is 7.80. The zero-order valence-electron chi connectivity index (χ0n) is 20.9. The minimum atomic E-state index is -0.958. The van der Waals surface area contributed by atoms with Crippen LogP contribution in [0.4, 0.5) is 0 Å². The smallest absolute Gasteiger partial charge is 0.337 e. The first-order valence-corrected chi connectivity index (χ1v) is 12.4. The fourth-order valence-corrected chi connectivity index (χ4v) is 5.45. The first kappa shape index (κ1) is 24.5. The van der Waals surface area contributed by atoms with Crippen molar-refractivity contribution in [3.63, 3.8) is 0 Å². The Morgan fingerprint density at radius 1 is 1.08 bits per heavy atom. The van der Waals surface area contributed by atoms with Gasteiger partial charge in [0.15, 0.2) is 5.11 Å². The number of aromatic nitrogens is 2. The maximum Gasteiger partial charge on any atom is 0.337 e. The van der Waals surface area contributed by atoms with Gasteiger partial charge in [-0.2, -0.15) is 0 Å². The quantitative estimate of drug-likeness (QED) is 0.322. The molecule has 1 aliphatic heterocycles. The normalized spacial score (nSPS) is 17.1. The molecule has 0 aliphatic carbocycles. The summed E-state index contributed by atoms with van der Waals surface area (Å²) in [4.78, 5) is 18.8. The molecule has 0 spiro atoms. The summed E-state index contributed by atoms with van der Waals surface area (Å²) >= 11 is 5.85. The lowest BCUT2D eigenvalue weighted by Crippen LogP contribution is -2.29. The molecule has 188 valence electrons. The van der Waals surface area contributed by atoms with E-state index in [4.69, 9.17) is 17.0 Å². The van der Waals surface area contributed by atoms with Crippen LogP contribution in [0, 0.1) is 13.8 Å². The summed E-state index contributed by atoms with van der Waals surface area (Å²) in [5.74, 6) is -0.157. The number of methoxy groups -OCH3 is 1. The monoisotopic (exact) mass is 512 g/mol. The Hall–Kier alpha value is -4.17. The second kappa shape index (κ2) is 10.1. The molecule has 1 fully saturated rings. The van der Waals surface area contributed by atoms with Crippen LogP contribution in [0.25, 0.3) is 5.69 Å². The van der Waals surface area contributed by atoms with Gasteiger partial charge in [0, 0.05) is 24.1 Å². The van der Waals surface area contributed by atoms with Gasteiger partial charge in [0.1, 0.15) is 5.75 Å². The number of aryl methyl sites for hydroxylation is 1. The molecule has 0 amide bonds. The van der Waals surface area contributed by atoms with E-state index >= 15 is 0 Å². The molecule has 7 nitrogen and oxygen atoms in total. The molecule has 37 heavy (non-hydrogen) atoms. The highest BCUT2D eigenvalue weighted by atomic mass is 32.1. The van der Waals surface area contributed by atoms with Gasteiger partial charge < -0.3 is 24.6 Å². The number of carboxylic acids is 1. The number of hydrogen-bond donors (Lipinski definition) is 2. The van der Waals surface area contributed by atoms with E-state index in [0.29, 0.717) is 17.3 Å². The first-order valence-electron chi connectivity index (χ1n) is 12.0. The molecule has 2 unspecified atom stereocenters. The third-order valence-electron chi connectivity index (χ3n) is 6.87. The summed E-state index contributed by atoms with van der Waals surface area (Å²) in [5, 5.41) is 14.0. The van der Waals surface area contributed by atoms with Gasteiger partial charge >= 0.3 is 5.97 Å². The molecular formula is C29H28N4O3S. The zero-order chi connectivity index (χ0) is 26.1. The molecule has 5 rings (SSSR count). The van der Waals surface area contributed by atoms with Gasteiger partial charge in [0.05, 0.1) is 36.1 Å². The van der Waals surface area contributed by atoms with Crippen molar-refractivity contribution < 1.29 is 14.6 Å². The van der Waals surface area contributed by atoms with E-state index in [2.05, 4.69) is 21.3 Å². The Morgan fingerprint density at radius 2 is 1.81 bits per heavy atom. The number of pyridine rings is 1. The Balaban J connectivity index is 1.62. The number of carboxylic acid groups (broad SMARTS) is 1. The highest BCUT2D eigenvalue weighted by Crippen LogP contribution is 2.42. The molecule has 3 heterocycles. The summed E-state index contributed by atoms with van der Waals surface area (Å²) in [5.41, 5.74) is 5.86. The number of nitrogens with zero attached hydrogens (tertiary/aromatic N) is 3. The number of ether oxygens (including phenoxy) is 1. The van der Waals surface area contributed by atoms with Crippen molar-refractivity contribution in [3.05, 3.63) is 113 Å². The minimum absolute atomic E-state index is 0.151. The SMILES string of the molecule is COc1ccc(CN2C(=S)NC(c3ccccn3)C2c2cc(C)n(-c3ccccc3C(=O)O)c2C)cc1. The number of thiocarbonyl (C=S) groups is 1. The van der Waals surface area contributed by atoms with Crippen LogP contribution in [0.3, 0.4) is 0 Å². The average molecular weight is 513 g/mol. The van der Waals surface area contributed by atoms with Crippen molar-refractivity contribution in [2.24, 2.45) is 0 Å². The van der Waals surface area contributed by atoms with Gasteiger partial charge in [0.25, 0.3) is 0 Å². The van der Waals surface area contributed by atoms with E-state index in [1.54, 1.807) is 25.4 Å². The van der Waals surface area contributed by atoms with Crippen LogP contribution in [-0.4, -0.2) is 37.7 Å². The first-order chi connectivity index (χ1) is 17.9. The van der Waals surface area contributed by atoms with Crippen LogP contribution < -0.4 is 10.1 Å². The van der Waals surface area contributed by atoms with E-state index in [9.17, 15) is 9.90 Å². The maximum atomic E-state index is 12.0. The topological polar surface area (TPSA) is 79.6 Å². The van der Waals surface area contributed by atoms with Crippen LogP contribution in [0.15, 0.2) is 79.0 Å². The predicted molar refractivity (Wildman–Crippen MR) is 146 cm³/mol.